The Morgan fingerprint density at radius 1 is 1.28 bits per heavy atom. The molecule has 1 aromatic rings. The number of anilines is 1. The second-order valence-electron chi connectivity index (χ2n) is 7.96. The Kier molecular flexibility index (Phi) is 6.29. The maximum absolute atomic E-state index is 12.4. The van der Waals surface area contributed by atoms with Gasteiger partial charge in [-0.15, -0.1) is 0 Å². The standard InChI is InChI=1S/C19H31NO4Si/c1-7-22-18(21)17-13-16(14-23-25(5,6)19(2,3)4)24-20(17)15-11-9-8-10-12-15/h8-12,16-17H,7,13-14H2,1-6H3/t16-,17+/m1/s1. The Morgan fingerprint density at radius 2 is 1.92 bits per heavy atom. The third-order valence-electron chi connectivity index (χ3n) is 5.04. The number of benzene rings is 1. The maximum atomic E-state index is 12.4. The van der Waals surface area contributed by atoms with Gasteiger partial charge in [-0.25, -0.2) is 9.86 Å². The van der Waals surface area contributed by atoms with E-state index in [0.29, 0.717) is 19.6 Å². The summed E-state index contributed by atoms with van der Waals surface area (Å²) in [7, 11) is -1.85. The summed E-state index contributed by atoms with van der Waals surface area (Å²) in [6.45, 7) is 13.8. The van der Waals surface area contributed by atoms with Crippen LogP contribution in [-0.2, 0) is 18.8 Å². The van der Waals surface area contributed by atoms with E-state index in [4.69, 9.17) is 14.0 Å². The Labute approximate surface area is 152 Å². The van der Waals surface area contributed by atoms with Crippen LogP contribution in [0.15, 0.2) is 30.3 Å². The SMILES string of the molecule is CCOC(=O)[C@@H]1C[C@H](CO[Si](C)(C)C(C)(C)C)ON1c1ccccc1. The van der Waals surface area contributed by atoms with Gasteiger partial charge >= 0.3 is 5.97 Å². The molecule has 0 unspecified atom stereocenters. The summed E-state index contributed by atoms with van der Waals surface area (Å²) in [6.07, 6.45) is 0.422. The van der Waals surface area contributed by atoms with E-state index < -0.39 is 14.4 Å². The van der Waals surface area contributed by atoms with Crippen molar-refractivity contribution in [1.82, 2.24) is 0 Å². The summed E-state index contributed by atoms with van der Waals surface area (Å²) in [6, 6.07) is 9.24. The highest BCUT2D eigenvalue weighted by Gasteiger charge is 2.42. The Bertz CT molecular complexity index is 571. The van der Waals surface area contributed by atoms with Crippen molar-refractivity contribution in [3.05, 3.63) is 30.3 Å². The Morgan fingerprint density at radius 3 is 2.48 bits per heavy atom. The highest BCUT2D eigenvalue weighted by atomic mass is 28.4. The summed E-state index contributed by atoms with van der Waals surface area (Å²) in [4.78, 5) is 18.4. The van der Waals surface area contributed by atoms with Crippen LogP contribution in [0.5, 0.6) is 0 Å². The van der Waals surface area contributed by atoms with E-state index in [1.807, 2.05) is 37.3 Å². The number of hydroxylamine groups is 1. The molecule has 5 nitrogen and oxygen atoms in total. The predicted octanol–water partition coefficient (Wildman–Crippen LogP) is 4.15. The molecule has 0 aliphatic carbocycles. The molecule has 2 rings (SSSR count). The summed E-state index contributed by atoms with van der Waals surface area (Å²) < 4.78 is 11.5. The highest BCUT2D eigenvalue weighted by molar-refractivity contribution is 6.74. The lowest BCUT2D eigenvalue weighted by Crippen LogP contribution is -2.42. The molecule has 1 aromatic carbocycles. The minimum atomic E-state index is -1.85. The van der Waals surface area contributed by atoms with Crippen molar-refractivity contribution < 1.29 is 18.8 Å². The van der Waals surface area contributed by atoms with Crippen molar-refractivity contribution in [2.24, 2.45) is 0 Å². The van der Waals surface area contributed by atoms with Gasteiger partial charge in [0.25, 0.3) is 0 Å². The topological polar surface area (TPSA) is 48.0 Å². The number of hydrogen-bond donors (Lipinski definition) is 0. The molecule has 25 heavy (non-hydrogen) atoms. The number of nitrogens with zero attached hydrogens (tertiary/aromatic N) is 1. The van der Waals surface area contributed by atoms with Crippen molar-refractivity contribution in [3.63, 3.8) is 0 Å². The molecule has 0 aromatic heterocycles. The van der Waals surface area contributed by atoms with Crippen LogP contribution in [0.4, 0.5) is 5.69 Å². The first-order chi connectivity index (χ1) is 11.7. The van der Waals surface area contributed by atoms with E-state index >= 15 is 0 Å². The minimum Gasteiger partial charge on any atom is -0.464 e. The average molecular weight is 366 g/mol. The lowest BCUT2D eigenvalue weighted by molar-refractivity contribution is -0.145. The van der Waals surface area contributed by atoms with Crippen LogP contribution >= 0.6 is 0 Å². The zero-order chi connectivity index (χ0) is 18.7. The molecule has 1 heterocycles. The van der Waals surface area contributed by atoms with Crippen molar-refractivity contribution in [3.8, 4) is 0 Å². The van der Waals surface area contributed by atoms with E-state index in [0.717, 1.165) is 5.69 Å². The largest absolute Gasteiger partial charge is 0.464 e. The first kappa shape index (κ1) is 19.9. The van der Waals surface area contributed by atoms with Crippen LogP contribution in [0.25, 0.3) is 0 Å². The van der Waals surface area contributed by atoms with E-state index in [2.05, 4.69) is 33.9 Å². The molecule has 1 fully saturated rings. The van der Waals surface area contributed by atoms with Gasteiger partial charge in [0.15, 0.2) is 14.4 Å². The first-order valence-corrected chi connectivity index (χ1v) is 11.9. The van der Waals surface area contributed by atoms with Crippen LogP contribution in [0.2, 0.25) is 18.1 Å². The van der Waals surface area contributed by atoms with Crippen molar-refractivity contribution in [1.29, 1.82) is 0 Å². The van der Waals surface area contributed by atoms with Gasteiger partial charge in [-0.1, -0.05) is 39.0 Å². The molecule has 0 spiro atoms. The molecule has 1 saturated heterocycles. The summed E-state index contributed by atoms with van der Waals surface area (Å²) in [5.74, 6) is -0.249. The van der Waals surface area contributed by atoms with Crippen LogP contribution in [0.3, 0.4) is 0 Å². The molecule has 1 aliphatic rings. The van der Waals surface area contributed by atoms with Crippen molar-refractivity contribution in [2.45, 2.75) is 64.4 Å². The molecule has 0 amide bonds. The molecule has 1 aliphatic heterocycles. The molecule has 0 bridgehead atoms. The quantitative estimate of drug-likeness (QED) is 0.560. The van der Waals surface area contributed by atoms with E-state index in [-0.39, 0.29) is 17.1 Å². The van der Waals surface area contributed by atoms with E-state index in [1.165, 1.54) is 0 Å². The van der Waals surface area contributed by atoms with Crippen LogP contribution in [0.1, 0.15) is 34.1 Å². The van der Waals surface area contributed by atoms with Gasteiger partial charge in [0, 0.05) is 6.42 Å². The molecule has 140 valence electrons. The minimum absolute atomic E-state index is 0.144. The zero-order valence-corrected chi connectivity index (χ0v) is 17.2. The Hall–Kier alpha value is -1.37. The van der Waals surface area contributed by atoms with Gasteiger partial charge in [-0.2, -0.15) is 0 Å². The smallest absolute Gasteiger partial charge is 0.331 e. The summed E-state index contributed by atoms with van der Waals surface area (Å²) in [5.41, 5.74) is 0.857. The molecule has 0 N–H and O–H groups in total. The molecular weight excluding hydrogens is 334 g/mol. The fraction of sp³-hybridized carbons (Fsp3) is 0.632. The number of hydrogen-bond acceptors (Lipinski definition) is 5. The first-order valence-electron chi connectivity index (χ1n) is 8.97. The molecule has 6 heteroatoms. The number of para-hydroxylation sites is 1. The fourth-order valence-electron chi connectivity index (χ4n) is 2.48. The predicted molar refractivity (Wildman–Crippen MR) is 102 cm³/mol. The highest BCUT2D eigenvalue weighted by Crippen LogP contribution is 2.37. The van der Waals surface area contributed by atoms with Crippen LogP contribution in [0, 0.1) is 0 Å². The normalized spacial score (nSPS) is 21.4. The number of esters is 1. The van der Waals surface area contributed by atoms with Gasteiger partial charge in [0.1, 0.15) is 6.10 Å². The van der Waals surface area contributed by atoms with Crippen molar-refractivity contribution >= 4 is 20.0 Å². The lowest BCUT2D eigenvalue weighted by Gasteiger charge is -2.36. The molecule has 0 radical (unpaired) electrons. The second-order valence-corrected chi connectivity index (χ2v) is 12.8. The molecule has 0 saturated carbocycles. The maximum Gasteiger partial charge on any atom is 0.331 e. The monoisotopic (exact) mass is 365 g/mol. The summed E-state index contributed by atoms with van der Waals surface area (Å²) >= 11 is 0. The van der Waals surface area contributed by atoms with Crippen LogP contribution in [-0.4, -0.2) is 39.6 Å². The van der Waals surface area contributed by atoms with Gasteiger partial charge < -0.3 is 9.16 Å². The molecular formula is C19H31NO4Si. The average Bonchev–Trinajstić information content (AvgIpc) is 2.97. The van der Waals surface area contributed by atoms with Crippen LogP contribution < -0.4 is 5.06 Å². The van der Waals surface area contributed by atoms with E-state index in [1.54, 1.807) is 5.06 Å². The number of ether oxygens (including phenoxy) is 1. The number of carbonyl (C=O) groups excluding carboxylic acids is 1. The third-order valence-corrected chi connectivity index (χ3v) is 9.54. The second kappa shape index (κ2) is 7.89. The number of rotatable bonds is 6. The third kappa shape index (κ3) is 4.83. The van der Waals surface area contributed by atoms with Gasteiger partial charge in [0.2, 0.25) is 0 Å². The van der Waals surface area contributed by atoms with Gasteiger partial charge in [-0.3, -0.25) is 4.84 Å². The molecule has 2 atom stereocenters. The van der Waals surface area contributed by atoms with Crippen molar-refractivity contribution in [2.75, 3.05) is 18.3 Å². The van der Waals surface area contributed by atoms with Gasteiger partial charge in [0.05, 0.1) is 18.9 Å². The summed E-state index contributed by atoms with van der Waals surface area (Å²) in [5, 5.41) is 1.82. The van der Waals surface area contributed by atoms with Gasteiger partial charge in [-0.05, 0) is 37.2 Å². The number of carbonyl (C=O) groups is 1. The Balaban J connectivity index is 2.09. The zero-order valence-electron chi connectivity index (χ0n) is 16.2. The fourth-order valence-corrected chi connectivity index (χ4v) is 3.52. The van der Waals surface area contributed by atoms with E-state index in [9.17, 15) is 4.79 Å². The lowest BCUT2D eigenvalue weighted by atomic mass is 10.1.